The Labute approximate surface area is 158 Å². The van der Waals surface area contributed by atoms with Crippen molar-refractivity contribution in [2.75, 3.05) is 0 Å². The van der Waals surface area contributed by atoms with E-state index in [1.54, 1.807) is 6.07 Å². The third-order valence-corrected chi connectivity index (χ3v) is 4.34. The monoisotopic (exact) mass is 386 g/mol. The molecule has 0 atom stereocenters. The predicted molar refractivity (Wildman–Crippen MR) is 97.9 cm³/mol. The molecule has 0 fully saturated rings. The molecule has 2 aromatic heterocycles. The molecule has 2 heterocycles. The summed E-state index contributed by atoms with van der Waals surface area (Å²) in [6.45, 7) is 2.49. The van der Waals surface area contributed by atoms with Crippen LogP contribution in [-0.2, 0) is 6.54 Å². The average molecular weight is 387 g/mol. The first-order chi connectivity index (χ1) is 13.1. The van der Waals surface area contributed by atoms with Crippen molar-refractivity contribution in [3.8, 4) is 23.1 Å². The molecule has 0 radical (unpaired) electrons. The van der Waals surface area contributed by atoms with Crippen LogP contribution in [0.1, 0.15) is 6.92 Å². The van der Waals surface area contributed by atoms with E-state index in [0.29, 0.717) is 28.6 Å². The van der Waals surface area contributed by atoms with Gasteiger partial charge in [-0.25, -0.2) is 18.7 Å². The highest BCUT2D eigenvalue weighted by Crippen LogP contribution is 2.31. The molecule has 0 saturated carbocycles. The summed E-state index contributed by atoms with van der Waals surface area (Å²) in [5.74, 6) is -1.59. The van der Waals surface area contributed by atoms with Crippen LogP contribution in [0.2, 0.25) is 5.02 Å². The molecule has 4 aromatic rings. The lowest BCUT2D eigenvalue weighted by atomic mass is 10.2. The lowest BCUT2D eigenvalue weighted by Gasteiger charge is -2.08. The molecule has 2 aromatic carbocycles. The zero-order valence-electron chi connectivity index (χ0n) is 14.2. The Kier molecular flexibility index (Phi) is 4.45. The first-order valence-electron chi connectivity index (χ1n) is 8.18. The molecule has 0 amide bonds. The number of rotatable bonds is 4. The van der Waals surface area contributed by atoms with Crippen LogP contribution < -0.4 is 4.74 Å². The molecule has 0 bridgehead atoms. The lowest BCUT2D eigenvalue weighted by molar-refractivity contribution is 0.383. The molecule has 0 N–H and O–H groups in total. The number of imidazole rings is 1. The van der Waals surface area contributed by atoms with Gasteiger partial charge in [-0.2, -0.15) is 4.98 Å². The fraction of sp³-hybridized carbons (Fsp3) is 0.105. The summed E-state index contributed by atoms with van der Waals surface area (Å²) < 4.78 is 34.7. The van der Waals surface area contributed by atoms with E-state index in [2.05, 4.69) is 15.0 Å². The van der Waals surface area contributed by atoms with Crippen LogP contribution in [0.4, 0.5) is 8.78 Å². The number of nitrogens with zero attached hydrogens (tertiary/aromatic N) is 4. The second kappa shape index (κ2) is 6.92. The van der Waals surface area contributed by atoms with Gasteiger partial charge < -0.3 is 9.30 Å². The van der Waals surface area contributed by atoms with Crippen LogP contribution in [0, 0.1) is 11.6 Å². The van der Waals surface area contributed by atoms with Gasteiger partial charge in [0.25, 0.3) is 0 Å². The predicted octanol–water partition coefficient (Wildman–Crippen LogP) is 5.24. The van der Waals surface area contributed by atoms with Crippen LogP contribution in [0.3, 0.4) is 0 Å². The first-order valence-corrected chi connectivity index (χ1v) is 8.56. The molecule has 4 rings (SSSR count). The van der Waals surface area contributed by atoms with Gasteiger partial charge in [0, 0.05) is 12.1 Å². The quantitative estimate of drug-likeness (QED) is 0.481. The number of hydrogen-bond donors (Lipinski definition) is 0. The zero-order valence-corrected chi connectivity index (χ0v) is 14.9. The zero-order chi connectivity index (χ0) is 19.0. The van der Waals surface area contributed by atoms with Gasteiger partial charge in [0.1, 0.15) is 11.3 Å². The maximum atomic E-state index is 13.8. The molecule has 27 heavy (non-hydrogen) atoms. The van der Waals surface area contributed by atoms with Crippen molar-refractivity contribution >= 4 is 22.8 Å². The van der Waals surface area contributed by atoms with Crippen molar-refractivity contribution in [2.45, 2.75) is 13.5 Å². The maximum absolute atomic E-state index is 13.8. The summed E-state index contributed by atoms with van der Waals surface area (Å²) in [5.41, 5.74) is 1.75. The smallest absolute Gasteiger partial charge is 0.324 e. The number of aromatic nitrogens is 4. The molecule has 0 spiro atoms. The normalized spacial score (nSPS) is 11.1. The SMILES string of the molecule is CCn1c(-c2ccccc2Cl)nc2cnc(Oc3c(F)cccc3F)nc21. The second-order valence-electron chi connectivity index (χ2n) is 5.67. The van der Waals surface area contributed by atoms with E-state index >= 15 is 0 Å². The van der Waals surface area contributed by atoms with Gasteiger partial charge in [-0.15, -0.1) is 0 Å². The molecular weight excluding hydrogens is 374 g/mol. The standard InChI is InChI=1S/C19H13ClF2N4O/c1-2-26-17(11-6-3-4-7-12(11)20)24-15-10-23-19(25-18(15)26)27-16-13(21)8-5-9-14(16)22/h3-10H,2H2,1H3. The molecule has 0 unspecified atom stereocenters. The van der Waals surface area contributed by atoms with Crippen molar-refractivity contribution in [1.82, 2.24) is 19.5 Å². The summed E-state index contributed by atoms with van der Waals surface area (Å²) in [6.07, 6.45) is 1.45. The van der Waals surface area contributed by atoms with E-state index in [1.165, 1.54) is 12.3 Å². The Hall–Kier alpha value is -3.06. The maximum Gasteiger partial charge on any atom is 0.324 e. The van der Waals surface area contributed by atoms with E-state index in [4.69, 9.17) is 16.3 Å². The number of aryl methyl sites for hydroxylation is 1. The molecule has 0 aliphatic rings. The van der Waals surface area contributed by atoms with Crippen molar-refractivity contribution in [3.05, 3.63) is 65.3 Å². The first kappa shape index (κ1) is 17.4. The van der Waals surface area contributed by atoms with Crippen LogP contribution >= 0.6 is 11.6 Å². The van der Waals surface area contributed by atoms with Crippen LogP contribution in [-0.4, -0.2) is 19.5 Å². The van der Waals surface area contributed by atoms with Gasteiger partial charge in [-0.3, -0.25) is 0 Å². The highest BCUT2D eigenvalue weighted by Gasteiger charge is 2.18. The number of hydrogen-bond acceptors (Lipinski definition) is 4. The summed E-state index contributed by atoms with van der Waals surface area (Å²) in [5, 5.41) is 0.556. The number of benzene rings is 2. The summed E-state index contributed by atoms with van der Waals surface area (Å²) in [6, 6.07) is 10.6. The topological polar surface area (TPSA) is 52.8 Å². The van der Waals surface area contributed by atoms with E-state index in [1.807, 2.05) is 29.7 Å². The minimum atomic E-state index is -0.834. The Balaban J connectivity index is 1.82. The third kappa shape index (κ3) is 3.10. The average Bonchev–Trinajstić information content (AvgIpc) is 3.03. The fourth-order valence-corrected chi connectivity index (χ4v) is 2.99. The molecule has 0 aliphatic heterocycles. The van der Waals surface area contributed by atoms with Crippen molar-refractivity contribution < 1.29 is 13.5 Å². The van der Waals surface area contributed by atoms with E-state index in [9.17, 15) is 8.78 Å². The van der Waals surface area contributed by atoms with E-state index < -0.39 is 17.4 Å². The number of para-hydroxylation sites is 1. The van der Waals surface area contributed by atoms with Gasteiger partial charge in [0.15, 0.2) is 17.3 Å². The van der Waals surface area contributed by atoms with Crippen molar-refractivity contribution in [1.29, 1.82) is 0 Å². The molecule has 0 aliphatic carbocycles. The highest BCUT2D eigenvalue weighted by atomic mass is 35.5. The van der Waals surface area contributed by atoms with E-state index in [0.717, 1.165) is 17.7 Å². The van der Waals surface area contributed by atoms with Gasteiger partial charge in [0.05, 0.1) is 11.2 Å². The molecule has 5 nitrogen and oxygen atoms in total. The minimum absolute atomic E-state index is 0.174. The second-order valence-corrected chi connectivity index (χ2v) is 6.08. The van der Waals surface area contributed by atoms with Gasteiger partial charge in [-0.1, -0.05) is 29.8 Å². The van der Waals surface area contributed by atoms with Gasteiger partial charge in [0.2, 0.25) is 5.75 Å². The number of halogens is 3. The van der Waals surface area contributed by atoms with Crippen LogP contribution in [0.25, 0.3) is 22.6 Å². The molecular formula is C19H13ClF2N4O. The molecule has 8 heteroatoms. The van der Waals surface area contributed by atoms with Gasteiger partial charge in [-0.05, 0) is 31.2 Å². The van der Waals surface area contributed by atoms with Crippen LogP contribution in [0.5, 0.6) is 11.8 Å². The van der Waals surface area contributed by atoms with E-state index in [-0.39, 0.29) is 6.01 Å². The minimum Gasteiger partial charge on any atom is -0.418 e. The number of ether oxygens (including phenoxy) is 1. The van der Waals surface area contributed by atoms with Crippen molar-refractivity contribution in [3.63, 3.8) is 0 Å². The Morgan fingerprint density at radius 1 is 1.04 bits per heavy atom. The summed E-state index contributed by atoms with van der Waals surface area (Å²) >= 11 is 6.29. The third-order valence-electron chi connectivity index (χ3n) is 4.01. The Morgan fingerprint density at radius 2 is 1.78 bits per heavy atom. The fourth-order valence-electron chi connectivity index (χ4n) is 2.77. The van der Waals surface area contributed by atoms with Gasteiger partial charge >= 0.3 is 6.01 Å². The largest absolute Gasteiger partial charge is 0.418 e. The highest BCUT2D eigenvalue weighted by molar-refractivity contribution is 6.33. The Bertz CT molecular complexity index is 1130. The van der Waals surface area contributed by atoms with Crippen molar-refractivity contribution in [2.24, 2.45) is 0 Å². The molecule has 136 valence electrons. The number of fused-ring (bicyclic) bond motifs is 1. The van der Waals surface area contributed by atoms with Crippen LogP contribution in [0.15, 0.2) is 48.7 Å². The molecule has 0 saturated heterocycles. The lowest BCUT2D eigenvalue weighted by Crippen LogP contribution is -2.01. The summed E-state index contributed by atoms with van der Waals surface area (Å²) in [4.78, 5) is 12.9. The summed E-state index contributed by atoms with van der Waals surface area (Å²) in [7, 11) is 0. The Morgan fingerprint density at radius 3 is 2.48 bits per heavy atom.